The third kappa shape index (κ3) is 2.71. The van der Waals surface area contributed by atoms with E-state index in [1.54, 1.807) is 13.2 Å². The Morgan fingerprint density at radius 3 is 2.64 bits per heavy atom. The third-order valence-corrected chi connectivity index (χ3v) is 3.58. The molecule has 0 aromatic heterocycles. The molecule has 1 amide bonds. The van der Waals surface area contributed by atoms with Crippen LogP contribution in [-0.4, -0.2) is 18.1 Å². The fourth-order valence-electron chi connectivity index (χ4n) is 2.24. The number of hydrogen-bond donors (Lipinski definition) is 1. The second-order valence-corrected chi connectivity index (χ2v) is 5.13. The lowest BCUT2D eigenvalue weighted by molar-refractivity contribution is -0.113. The molecule has 0 atom stereocenters. The highest BCUT2D eigenvalue weighted by atomic mass is 32.1. The summed E-state index contributed by atoms with van der Waals surface area (Å²) >= 11 is 5.27. The average Bonchev–Trinajstić information content (AvgIpc) is 2.82. The van der Waals surface area contributed by atoms with E-state index < -0.39 is 0 Å². The first kappa shape index (κ1) is 14.3. The van der Waals surface area contributed by atoms with Crippen molar-refractivity contribution in [3.8, 4) is 5.75 Å². The van der Waals surface area contributed by atoms with Gasteiger partial charge in [0.2, 0.25) is 0 Å². The molecule has 5 heteroatoms. The van der Waals surface area contributed by atoms with E-state index in [1.165, 1.54) is 4.90 Å². The number of ether oxygens (including phenoxy) is 1. The summed E-state index contributed by atoms with van der Waals surface area (Å²) in [5.41, 5.74) is 2.06. The number of hydrogen-bond acceptors (Lipinski definition) is 3. The summed E-state index contributed by atoms with van der Waals surface area (Å²) in [5.74, 6) is 0.571. The predicted molar refractivity (Wildman–Crippen MR) is 90.6 cm³/mol. The van der Waals surface area contributed by atoms with Crippen LogP contribution in [0, 0.1) is 0 Å². The Labute approximate surface area is 134 Å². The molecule has 0 bridgehead atoms. The van der Waals surface area contributed by atoms with Gasteiger partial charge in [-0.05, 0) is 48.1 Å². The Morgan fingerprint density at radius 1 is 1.14 bits per heavy atom. The van der Waals surface area contributed by atoms with Crippen LogP contribution < -0.4 is 15.0 Å². The number of anilines is 1. The van der Waals surface area contributed by atoms with E-state index in [-0.39, 0.29) is 5.91 Å². The van der Waals surface area contributed by atoms with Crippen molar-refractivity contribution in [1.82, 2.24) is 5.32 Å². The topological polar surface area (TPSA) is 41.6 Å². The molecule has 0 radical (unpaired) electrons. The SMILES string of the molecule is COc1cccc(/C=C2/NC(=S)N(c3ccccc3)C2=O)c1. The molecular weight excluding hydrogens is 296 g/mol. The van der Waals surface area contributed by atoms with E-state index >= 15 is 0 Å². The van der Waals surface area contributed by atoms with Crippen LogP contribution in [0.2, 0.25) is 0 Å². The zero-order valence-corrected chi connectivity index (χ0v) is 12.8. The number of nitrogens with zero attached hydrogens (tertiary/aromatic N) is 1. The minimum Gasteiger partial charge on any atom is -0.497 e. The molecule has 0 unspecified atom stereocenters. The molecule has 0 spiro atoms. The molecule has 1 aliphatic heterocycles. The Hall–Kier alpha value is -2.66. The van der Waals surface area contributed by atoms with Crippen LogP contribution in [0.3, 0.4) is 0 Å². The van der Waals surface area contributed by atoms with E-state index in [1.807, 2.05) is 54.6 Å². The molecule has 110 valence electrons. The Balaban J connectivity index is 1.92. The minimum absolute atomic E-state index is 0.168. The molecule has 2 aromatic carbocycles. The molecule has 0 aliphatic carbocycles. The van der Waals surface area contributed by atoms with Crippen molar-refractivity contribution in [2.75, 3.05) is 12.0 Å². The summed E-state index contributed by atoms with van der Waals surface area (Å²) in [6.07, 6.45) is 1.76. The summed E-state index contributed by atoms with van der Waals surface area (Å²) in [4.78, 5) is 14.0. The van der Waals surface area contributed by atoms with E-state index in [0.717, 1.165) is 17.0 Å². The van der Waals surface area contributed by atoms with Gasteiger partial charge in [0.1, 0.15) is 11.4 Å². The second kappa shape index (κ2) is 5.99. The molecule has 1 aliphatic rings. The van der Waals surface area contributed by atoms with Crippen LogP contribution in [0.5, 0.6) is 5.75 Å². The normalized spacial score (nSPS) is 16.0. The maximum Gasteiger partial charge on any atom is 0.281 e. The van der Waals surface area contributed by atoms with Crippen molar-refractivity contribution in [3.05, 3.63) is 65.9 Å². The Kier molecular flexibility index (Phi) is 3.89. The first-order chi connectivity index (χ1) is 10.7. The van der Waals surface area contributed by atoms with Crippen molar-refractivity contribution in [2.45, 2.75) is 0 Å². The lowest BCUT2D eigenvalue weighted by Gasteiger charge is -2.13. The van der Waals surface area contributed by atoms with Gasteiger partial charge in [0.15, 0.2) is 5.11 Å². The van der Waals surface area contributed by atoms with Crippen LogP contribution in [0.15, 0.2) is 60.3 Å². The summed E-state index contributed by atoms with van der Waals surface area (Å²) < 4.78 is 5.19. The van der Waals surface area contributed by atoms with Gasteiger partial charge < -0.3 is 10.1 Å². The lowest BCUT2D eigenvalue weighted by Crippen LogP contribution is -2.30. The van der Waals surface area contributed by atoms with Crippen LogP contribution in [0.4, 0.5) is 5.69 Å². The van der Waals surface area contributed by atoms with E-state index in [2.05, 4.69) is 5.32 Å². The highest BCUT2D eigenvalue weighted by Gasteiger charge is 2.31. The van der Waals surface area contributed by atoms with Crippen molar-refractivity contribution < 1.29 is 9.53 Å². The third-order valence-electron chi connectivity index (χ3n) is 3.30. The second-order valence-electron chi connectivity index (χ2n) is 4.74. The van der Waals surface area contributed by atoms with Gasteiger partial charge in [-0.25, -0.2) is 0 Å². The highest BCUT2D eigenvalue weighted by Crippen LogP contribution is 2.23. The monoisotopic (exact) mass is 310 g/mol. The quantitative estimate of drug-likeness (QED) is 0.699. The molecule has 4 nitrogen and oxygen atoms in total. The number of para-hydroxylation sites is 1. The number of methoxy groups -OCH3 is 1. The average molecular weight is 310 g/mol. The van der Waals surface area contributed by atoms with Gasteiger partial charge in [0.25, 0.3) is 5.91 Å². The highest BCUT2D eigenvalue weighted by molar-refractivity contribution is 7.80. The maximum atomic E-state index is 12.6. The van der Waals surface area contributed by atoms with E-state index in [9.17, 15) is 4.79 Å². The molecule has 2 aromatic rings. The number of benzene rings is 2. The van der Waals surface area contributed by atoms with Gasteiger partial charge in [-0.2, -0.15) is 0 Å². The molecule has 1 heterocycles. The minimum atomic E-state index is -0.168. The van der Waals surface area contributed by atoms with E-state index in [0.29, 0.717) is 10.8 Å². The largest absolute Gasteiger partial charge is 0.497 e. The molecule has 0 saturated carbocycles. The number of nitrogens with one attached hydrogen (secondary N) is 1. The van der Waals surface area contributed by atoms with Crippen LogP contribution >= 0.6 is 12.2 Å². The first-order valence-electron chi connectivity index (χ1n) is 6.75. The maximum absolute atomic E-state index is 12.6. The molecular formula is C17H14N2O2S. The fraction of sp³-hybridized carbons (Fsp3) is 0.0588. The van der Waals surface area contributed by atoms with Crippen molar-refractivity contribution in [1.29, 1.82) is 0 Å². The number of carbonyl (C=O) groups is 1. The van der Waals surface area contributed by atoms with Gasteiger partial charge in [-0.15, -0.1) is 0 Å². The molecule has 1 fully saturated rings. The summed E-state index contributed by atoms with van der Waals surface area (Å²) in [7, 11) is 1.61. The number of amides is 1. The van der Waals surface area contributed by atoms with Gasteiger partial charge in [-0.1, -0.05) is 30.3 Å². The van der Waals surface area contributed by atoms with Crippen molar-refractivity contribution in [2.24, 2.45) is 0 Å². The van der Waals surface area contributed by atoms with Crippen LogP contribution in [0.1, 0.15) is 5.56 Å². The zero-order valence-electron chi connectivity index (χ0n) is 11.9. The van der Waals surface area contributed by atoms with E-state index in [4.69, 9.17) is 17.0 Å². The summed E-state index contributed by atoms with van der Waals surface area (Å²) in [6.45, 7) is 0. The van der Waals surface area contributed by atoms with Gasteiger partial charge in [-0.3, -0.25) is 9.69 Å². The molecule has 22 heavy (non-hydrogen) atoms. The first-order valence-corrected chi connectivity index (χ1v) is 7.16. The van der Waals surface area contributed by atoms with Gasteiger partial charge in [0, 0.05) is 0 Å². The zero-order chi connectivity index (χ0) is 15.5. The Morgan fingerprint density at radius 2 is 1.91 bits per heavy atom. The number of carbonyl (C=O) groups excluding carboxylic acids is 1. The van der Waals surface area contributed by atoms with Crippen LogP contribution in [-0.2, 0) is 4.79 Å². The predicted octanol–water partition coefficient (Wildman–Crippen LogP) is 2.96. The molecule has 1 saturated heterocycles. The number of rotatable bonds is 3. The van der Waals surface area contributed by atoms with Crippen molar-refractivity contribution in [3.63, 3.8) is 0 Å². The standard InChI is InChI=1S/C17H14N2O2S/c1-21-14-9-5-6-12(10-14)11-15-16(20)19(17(22)18-15)13-7-3-2-4-8-13/h2-11H,1H3,(H,18,22)/b15-11+. The fourth-order valence-corrected chi connectivity index (χ4v) is 2.54. The van der Waals surface area contributed by atoms with Gasteiger partial charge >= 0.3 is 0 Å². The summed E-state index contributed by atoms with van der Waals surface area (Å²) in [6, 6.07) is 16.8. The van der Waals surface area contributed by atoms with Crippen LogP contribution in [0.25, 0.3) is 6.08 Å². The molecule has 3 rings (SSSR count). The van der Waals surface area contributed by atoms with Crippen molar-refractivity contribution >= 4 is 35.0 Å². The van der Waals surface area contributed by atoms with Gasteiger partial charge in [0.05, 0.1) is 12.8 Å². The summed E-state index contributed by atoms with van der Waals surface area (Å²) in [5, 5.41) is 3.35. The molecule has 1 N–H and O–H groups in total. The smallest absolute Gasteiger partial charge is 0.281 e. The Bertz CT molecular complexity index is 756. The lowest BCUT2D eigenvalue weighted by atomic mass is 10.2. The number of thiocarbonyl (C=S) groups is 1.